The lowest BCUT2D eigenvalue weighted by atomic mass is 9.79. The fourth-order valence-corrected chi connectivity index (χ4v) is 5.75. The van der Waals surface area contributed by atoms with Gasteiger partial charge in [-0.25, -0.2) is 0 Å². The van der Waals surface area contributed by atoms with Crippen molar-refractivity contribution in [2.24, 2.45) is 0 Å². The molecular formula is C37H39F6NO5. The van der Waals surface area contributed by atoms with Gasteiger partial charge in [-0.2, -0.15) is 26.3 Å². The van der Waals surface area contributed by atoms with Crippen molar-refractivity contribution in [3.8, 4) is 22.6 Å². The average Bonchev–Trinajstić information content (AvgIpc) is 3.03. The Balaban J connectivity index is 1.55. The van der Waals surface area contributed by atoms with Crippen molar-refractivity contribution in [1.82, 2.24) is 4.90 Å². The van der Waals surface area contributed by atoms with Gasteiger partial charge >= 0.3 is 12.4 Å². The van der Waals surface area contributed by atoms with Crippen LogP contribution < -0.4 is 9.47 Å². The van der Waals surface area contributed by atoms with E-state index in [0.29, 0.717) is 48.3 Å². The Bertz CT molecular complexity index is 1640. The summed E-state index contributed by atoms with van der Waals surface area (Å²) in [5.41, 5.74) is -6.57. The smallest absolute Gasteiger partial charge is 0.430 e. The molecule has 6 nitrogen and oxygen atoms in total. The molecule has 0 aliphatic carbocycles. The molecule has 0 fully saturated rings. The number of aliphatic hydroxyl groups is 1. The minimum atomic E-state index is -6.05. The van der Waals surface area contributed by atoms with E-state index in [2.05, 4.69) is 0 Å². The summed E-state index contributed by atoms with van der Waals surface area (Å²) < 4.78 is 95.0. The maximum Gasteiger partial charge on any atom is 0.430 e. The Morgan fingerprint density at radius 3 is 2.10 bits per heavy atom. The van der Waals surface area contributed by atoms with Gasteiger partial charge in [-0.05, 0) is 81.0 Å². The zero-order valence-electron chi connectivity index (χ0n) is 27.6. The van der Waals surface area contributed by atoms with Gasteiger partial charge in [0.05, 0.1) is 18.1 Å². The molecule has 3 aromatic carbocycles. The van der Waals surface area contributed by atoms with Gasteiger partial charge in [-0.3, -0.25) is 14.5 Å². The highest BCUT2D eigenvalue weighted by atomic mass is 19.4. The molecule has 1 atom stereocenters. The molecule has 12 heteroatoms. The third-order valence-corrected chi connectivity index (χ3v) is 8.37. The number of carbonyl (C=O) groups is 2. The van der Waals surface area contributed by atoms with E-state index < -0.39 is 40.7 Å². The molecule has 4 rings (SSSR count). The van der Waals surface area contributed by atoms with Crippen molar-refractivity contribution < 1.29 is 50.5 Å². The molecule has 0 saturated heterocycles. The van der Waals surface area contributed by atoms with Gasteiger partial charge in [-0.15, -0.1) is 0 Å². The van der Waals surface area contributed by atoms with E-state index in [1.807, 2.05) is 13.8 Å². The summed E-state index contributed by atoms with van der Waals surface area (Å²) in [5.74, 6) is -0.148. The molecule has 49 heavy (non-hydrogen) atoms. The number of amides is 2. The second-order valence-electron chi connectivity index (χ2n) is 12.4. The van der Waals surface area contributed by atoms with Crippen LogP contribution in [0.2, 0.25) is 0 Å². The zero-order valence-corrected chi connectivity index (χ0v) is 27.6. The van der Waals surface area contributed by atoms with Crippen LogP contribution in [0.3, 0.4) is 0 Å². The van der Waals surface area contributed by atoms with Crippen LogP contribution in [0.1, 0.15) is 63.6 Å². The average molecular weight is 692 g/mol. The van der Waals surface area contributed by atoms with Crippen LogP contribution in [0.4, 0.5) is 26.3 Å². The number of benzene rings is 3. The number of rotatable bonds is 13. The van der Waals surface area contributed by atoms with E-state index >= 15 is 0 Å². The summed E-state index contributed by atoms with van der Waals surface area (Å²) in [5, 5.41) is 10.2. The summed E-state index contributed by atoms with van der Waals surface area (Å²) in [7, 11) is 0. The number of ether oxygens (including phenoxy) is 2. The first-order valence-corrected chi connectivity index (χ1v) is 16.0. The van der Waals surface area contributed by atoms with Gasteiger partial charge in [0.2, 0.25) is 5.91 Å². The van der Waals surface area contributed by atoms with Gasteiger partial charge in [0.1, 0.15) is 11.5 Å². The number of halogens is 6. The van der Waals surface area contributed by atoms with Crippen molar-refractivity contribution >= 4 is 11.8 Å². The SMILES string of the molecule is CCCc1cc(C(O)(C(F)(F)F)C(F)(F)F)cc(-c2ccccc2)c1OCCCCN1C(=O)C=CC(C)(c2ccc(OC(C)C)cc2)C1=O. The van der Waals surface area contributed by atoms with E-state index in [1.165, 1.54) is 18.2 Å². The molecule has 1 aliphatic rings. The van der Waals surface area contributed by atoms with E-state index in [-0.39, 0.29) is 42.6 Å². The van der Waals surface area contributed by atoms with Crippen LogP contribution in [0.5, 0.6) is 11.5 Å². The van der Waals surface area contributed by atoms with E-state index in [0.717, 1.165) is 4.90 Å². The largest absolute Gasteiger partial charge is 0.493 e. The fraction of sp³-hybridized carbons (Fsp3) is 0.405. The molecule has 0 spiro atoms. The molecule has 1 heterocycles. The molecule has 1 unspecified atom stereocenters. The molecule has 0 radical (unpaired) electrons. The Morgan fingerprint density at radius 1 is 0.898 bits per heavy atom. The molecule has 3 aromatic rings. The molecule has 1 aliphatic heterocycles. The lowest BCUT2D eigenvalue weighted by molar-refractivity contribution is -0.376. The van der Waals surface area contributed by atoms with Crippen molar-refractivity contribution in [2.75, 3.05) is 13.2 Å². The van der Waals surface area contributed by atoms with Gasteiger partial charge in [0, 0.05) is 23.7 Å². The Kier molecular flexibility index (Phi) is 11.2. The first kappa shape index (κ1) is 37.5. The number of alkyl halides is 6. The molecule has 2 amide bonds. The Morgan fingerprint density at radius 2 is 1.53 bits per heavy atom. The number of imide groups is 1. The van der Waals surface area contributed by atoms with Crippen molar-refractivity contribution in [1.29, 1.82) is 0 Å². The molecule has 1 N–H and O–H groups in total. The number of aryl methyl sites for hydroxylation is 1. The number of hydrogen-bond donors (Lipinski definition) is 1. The van der Waals surface area contributed by atoms with Gasteiger partial charge in [0.25, 0.3) is 11.5 Å². The second-order valence-corrected chi connectivity index (χ2v) is 12.4. The monoisotopic (exact) mass is 691 g/mol. The normalized spacial score (nSPS) is 17.2. The first-order chi connectivity index (χ1) is 22.9. The third-order valence-electron chi connectivity index (χ3n) is 8.37. The van der Waals surface area contributed by atoms with Crippen LogP contribution in [0.25, 0.3) is 11.1 Å². The minimum Gasteiger partial charge on any atom is -0.493 e. The van der Waals surface area contributed by atoms with Crippen molar-refractivity contribution in [3.05, 3.63) is 95.6 Å². The first-order valence-electron chi connectivity index (χ1n) is 16.0. The van der Waals surface area contributed by atoms with Crippen molar-refractivity contribution in [3.63, 3.8) is 0 Å². The minimum absolute atomic E-state index is 0.0145. The highest BCUT2D eigenvalue weighted by Crippen LogP contribution is 2.52. The highest BCUT2D eigenvalue weighted by molar-refractivity contribution is 6.09. The van der Waals surface area contributed by atoms with Crippen LogP contribution in [-0.4, -0.2) is 53.4 Å². The predicted octanol–water partition coefficient (Wildman–Crippen LogP) is 8.45. The van der Waals surface area contributed by atoms with E-state index in [1.54, 1.807) is 62.4 Å². The predicted molar refractivity (Wildman–Crippen MR) is 172 cm³/mol. The van der Waals surface area contributed by atoms with E-state index in [9.17, 15) is 41.0 Å². The summed E-state index contributed by atoms with van der Waals surface area (Å²) in [6, 6.07) is 16.3. The lowest BCUT2D eigenvalue weighted by Gasteiger charge is -2.34. The second kappa shape index (κ2) is 14.7. The number of carbonyl (C=O) groups excluding carboxylic acids is 2. The number of unbranched alkanes of at least 4 members (excludes halogenated alkanes) is 1. The standard InChI is InChI=1S/C37H39F6NO5/c1-5-11-26-22-28(35(47,36(38,39)40)37(41,42)43)23-30(25-12-7-6-8-13-25)32(26)48-21-10-9-20-44-31(45)18-19-34(4,33(44)46)27-14-16-29(17-15-27)49-24(2)3/h6-8,12-19,22-24,47H,5,9-11,20-21H2,1-4H3. The highest BCUT2D eigenvalue weighted by Gasteiger charge is 2.71. The Labute approximate surface area is 281 Å². The molecule has 0 saturated carbocycles. The van der Waals surface area contributed by atoms with Crippen LogP contribution in [0.15, 0.2) is 78.9 Å². The quantitative estimate of drug-likeness (QED) is 0.111. The maximum atomic E-state index is 13.9. The van der Waals surface area contributed by atoms with Crippen LogP contribution >= 0.6 is 0 Å². The zero-order chi connectivity index (χ0) is 36.2. The molecule has 264 valence electrons. The van der Waals surface area contributed by atoms with E-state index in [4.69, 9.17) is 9.47 Å². The summed E-state index contributed by atoms with van der Waals surface area (Å²) in [4.78, 5) is 27.5. The van der Waals surface area contributed by atoms with Crippen LogP contribution in [-0.2, 0) is 27.0 Å². The van der Waals surface area contributed by atoms with Gasteiger partial charge in [-0.1, -0.05) is 61.9 Å². The lowest BCUT2D eigenvalue weighted by Crippen LogP contribution is -2.54. The van der Waals surface area contributed by atoms with Gasteiger partial charge < -0.3 is 14.6 Å². The van der Waals surface area contributed by atoms with Crippen molar-refractivity contribution in [2.45, 2.75) is 82.9 Å². The number of nitrogens with zero attached hydrogens (tertiary/aromatic N) is 1. The molecular weight excluding hydrogens is 652 g/mol. The maximum absolute atomic E-state index is 13.9. The Hall–Kier alpha value is -4.32. The fourth-order valence-electron chi connectivity index (χ4n) is 5.75. The van der Waals surface area contributed by atoms with Crippen LogP contribution in [0, 0.1) is 0 Å². The number of hydrogen-bond acceptors (Lipinski definition) is 5. The summed E-state index contributed by atoms with van der Waals surface area (Å²) in [6.45, 7) is 7.27. The summed E-state index contributed by atoms with van der Waals surface area (Å²) in [6.07, 6.45) is -8.16. The third kappa shape index (κ3) is 7.79. The molecule has 0 aromatic heterocycles. The molecule has 0 bridgehead atoms. The van der Waals surface area contributed by atoms with Gasteiger partial charge in [0.15, 0.2) is 0 Å². The topological polar surface area (TPSA) is 76.1 Å². The summed E-state index contributed by atoms with van der Waals surface area (Å²) >= 11 is 0.